The molecule has 0 aliphatic carbocycles. The molecule has 2 amide bonds. The molecule has 0 atom stereocenters. The van der Waals surface area contributed by atoms with Gasteiger partial charge in [-0.25, -0.2) is 5.43 Å². The number of nitrogens with one attached hydrogen (secondary N) is 2. The Hall–Kier alpha value is -3.84. The van der Waals surface area contributed by atoms with Crippen LogP contribution in [0.2, 0.25) is 5.02 Å². The number of carbonyl (C=O) groups excluding carboxylic acids is 2. The van der Waals surface area contributed by atoms with Gasteiger partial charge in [0.05, 0.1) is 17.8 Å². The molecule has 34 heavy (non-hydrogen) atoms. The highest BCUT2D eigenvalue weighted by Gasteiger charge is 2.14. The summed E-state index contributed by atoms with van der Waals surface area (Å²) >= 11 is 6.42. The van der Waals surface area contributed by atoms with E-state index >= 15 is 0 Å². The third-order valence-electron chi connectivity index (χ3n) is 4.72. The van der Waals surface area contributed by atoms with Gasteiger partial charge in [0.15, 0.2) is 11.5 Å². The monoisotopic (exact) mass is 479 g/mol. The maximum atomic E-state index is 12.0. The molecule has 0 fully saturated rings. The smallest absolute Gasteiger partial charge is 0.329 e. The fourth-order valence-corrected chi connectivity index (χ4v) is 3.25. The summed E-state index contributed by atoms with van der Waals surface area (Å²) in [7, 11) is 0. The Morgan fingerprint density at radius 2 is 1.71 bits per heavy atom. The van der Waals surface area contributed by atoms with E-state index in [1.54, 1.807) is 12.1 Å². The fraction of sp³-hybridized carbons (Fsp3) is 0.192. The van der Waals surface area contributed by atoms with Crippen molar-refractivity contribution in [2.24, 2.45) is 5.10 Å². The Balaban J connectivity index is 1.59. The van der Waals surface area contributed by atoms with E-state index in [0.717, 1.165) is 16.7 Å². The highest BCUT2D eigenvalue weighted by molar-refractivity contribution is 6.35. The average Bonchev–Trinajstić information content (AvgIpc) is 2.83. The molecule has 7 nitrogen and oxygen atoms in total. The van der Waals surface area contributed by atoms with Crippen LogP contribution in [0.15, 0.2) is 71.8 Å². The first-order valence-electron chi connectivity index (χ1n) is 10.8. The summed E-state index contributed by atoms with van der Waals surface area (Å²) in [5, 5.41) is 6.75. The van der Waals surface area contributed by atoms with Crippen LogP contribution < -0.4 is 20.2 Å². The topological polar surface area (TPSA) is 89.0 Å². The summed E-state index contributed by atoms with van der Waals surface area (Å²) in [6.45, 7) is 4.82. The third kappa shape index (κ3) is 7.35. The van der Waals surface area contributed by atoms with Crippen LogP contribution in [0.25, 0.3) is 0 Å². The Labute approximate surface area is 203 Å². The molecule has 176 valence electrons. The predicted molar refractivity (Wildman–Crippen MR) is 132 cm³/mol. The number of carbonyl (C=O) groups is 2. The summed E-state index contributed by atoms with van der Waals surface area (Å²) in [5.41, 5.74) is 5.79. The fourth-order valence-electron chi connectivity index (χ4n) is 2.98. The molecule has 0 aromatic heterocycles. The molecule has 0 aliphatic rings. The van der Waals surface area contributed by atoms with Crippen molar-refractivity contribution in [1.82, 2.24) is 10.7 Å². The summed E-state index contributed by atoms with van der Waals surface area (Å²) in [5.74, 6) is -0.781. The summed E-state index contributed by atoms with van der Waals surface area (Å²) in [6.07, 6.45) is 1.38. The van der Waals surface area contributed by atoms with Gasteiger partial charge in [0.1, 0.15) is 6.61 Å². The molecule has 0 saturated heterocycles. The molecule has 3 aromatic carbocycles. The molecule has 2 N–H and O–H groups in total. The van der Waals surface area contributed by atoms with E-state index in [1.165, 1.54) is 6.21 Å². The molecule has 0 heterocycles. The highest BCUT2D eigenvalue weighted by Crippen LogP contribution is 2.36. The molecule has 3 aromatic rings. The zero-order valence-electron chi connectivity index (χ0n) is 19.0. The summed E-state index contributed by atoms with van der Waals surface area (Å²) < 4.78 is 11.6. The molecule has 0 aliphatic heterocycles. The van der Waals surface area contributed by atoms with Gasteiger partial charge in [0, 0.05) is 6.54 Å². The quantitative estimate of drug-likeness (QED) is 0.270. The second-order valence-corrected chi connectivity index (χ2v) is 7.81. The molecular formula is C26H26ClN3O4. The van der Waals surface area contributed by atoms with Crippen molar-refractivity contribution in [2.75, 3.05) is 6.61 Å². The summed E-state index contributed by atoms with van der Waals surface area (Å²) in [6, 6.07) is 20.7. The maximum absolute atomic E-state index is 12.0. The van der Waals surface area contributed by atoms with Gasteiger partial charge in [-0.05, 0) is 42.7 Å². The van der Waals surface area contributed by atoms with Crippen molar-refractivity contribution in [3.8, 4) is 11.5 Å². The van der Waals surface area contributed by atoms with Gasteiger partial charge in [0.25, 0.3) is 0 Å². The van der Waals surface area contributed by atoms with Crippen LogP contribution in [-0.4, -0.2) is 24.6 Å². The molecule has 0 saturated carbocycles. The lowest BCUT2D eigenvalue weighted by molar-refractivity contribution is -0.139. The van der Waals surface area contributed by atoms with Gasteiger partial charge in [-0.15, -0.1) is 0 Å². The van der Waals surface area contributed by atoms with E-state index in [4.69, 9.17) is 21.1 Å². The summed E-state index contributed by atoms with van der Waals surface area (Å²) in [4.78, 5) is 24.0. The van der Waals surface area contributed by atoms with Crippen molar-refractivity contribution in [1.29, 1.82) is 0 Å². The van der Waals surface area contributed by atoms with E-state index in [9.17, 15) is 9.59 Å². The minimum absolute atomic E-state index is 0.244. The molecule has 0 unspecified atom stereocenters. The number of ether oxygens (including phenoxy) is 2. The number of benzene rings is 3. The Bertz CT molecular complexity index is 1150. The van der Waals surface area contributed by atoms with Crippen molar-refractivity contribution < 1.29 is 19.1 Å². The van der Waals surface area contributed by atoms with Crippen LogP contribution in [0, 0.1) is 6.92 Å². The minimum Gasteiger partial charge on any atom is -0.490 e. The number of halogens is 1. The second kappa shape index (κ2) is 12.4. The Kier molecular flexibility index (Phi) is 9.05. The zero-order chi connectivity index (χ0) is 24.3. The Morgan fingerprint density at radius 1 is 0.971 bits per heavy atom. The first-order chi connectivity index (χ1) is 16.5. The molecule has 3 rings (SSSR count). The lowest BCUT2D eigenvalue weighted by Crippen LogP contribution is -2.37. The number of hydrogen-bond acceptors (Lipinski definition) is 5. The van der Waals surface area contributed by atoms with Crippen LogP contribution in [0.5, 0.6) is 11.5 Å². The third-order valence-corrected chi connectivity index (χ3v) is 5.00. The highest BCUT2D eigenvalue weighted by atomic mass is 35.5. The van der Waals surface area contributed by atoms with Crippen LogP contribution in [0.1, 0.15) is 29.2 Å². The van der Waals surface area contributed by atoms with Gasteiger partial charge in [-0.2, -0.15) is 5.10 Å². The van der Waals surface area contributed by atoms with Crippen molar-refractivity contribution in [3.05, 3.63) is 94.0 Å². The van der Waals surface area contributed by atoms with Crippen molar-refractivity contribution in [3.63, 3.8) is 0 Å². The molecule has 0 spiro atoms. The van der Waals surface area contributed by atoms with Gasteiger partial charge < -0.3 is 14.8 Å². The lowest BCUT2D eigenvalue weighted by atomic mass is 10.1. The first kappa shape index (κ1) is 24.8. The van der Waals surface area contributed by atoms with E-state index in [-0.39, 0.29) is 6.54 Å². The molecule has 0 radical (unpaired) electrons. The van der Waals surface area contributed by atoms with Crippen molar-refractivity contribution >= 4 is 29.6 Å². The van der Waals surface area contributed by atoms with Crippen LogP contribution in [0.3, 0.4) is 0 Å². The minimum atomic E-state index is -0.873. The largest absolute Gasteiger partial charge is 0.490 e. The maximum Gasteiger partial charge on any atom is 0.329 e. The number of aryl methyl sites for hydroxylation is 1. The molecule has 0 bridgehead atoms. The lowest BCUT2D eigenvalue weighted by Gasteiger charge is -2.14. The van der Waals surface area contributed by atoms with Gasteiger partial charge in [-0.1, -0.05) is 71.8 Å². The normalized spacial score (nSPS) is 10.7. The van der Waals surface area contributed by atoms with Crippen LogP contribution in [0.4, 0.5) is 0 Å². The van der Waals surface area contributed by atoms with Crippen LogP contribution in [-0.2, 0) is 22.7 Å². The van der Waals surface area contributed by atoms with E-state index < -0.39 is 11.8 Å². The molecule has 8 heteroatoms. The first-order valence-corrected chi connectivity index (χ1v) is 11.1. The van der Waals surface area contributed by atoms with Crippen molar-refractivity contribution in [2.45, 2.75) is 27.0 Å². The number of nitrogens with zero attached hydrogens (tertiary/aromatic N) is 1. The Morgan fingerprint density at radius 3 is 2.41 bits per heavy atom. The van der Waals surface area contributed by atoms with E-state index in [2.05, 4.69) is 15.8 Å². The zero-order valence-corrected chi connectivity index (χ0v) is 19.8. The van der Waals surface area contributed by atoms with Gasteiger partial charge >= 0.3 is 11.8 Å². The van der Waals surface area contributed by atoms with E-state index in [0.29, 0.717) is 35.3 Å². The second-order valence-electron chi connectivity index (χ2n) is 7.40. The van der Waals surface area contributed by atoms with Gasteiger partial charge in [-0.3, -0.25) is 9.59 Å². The number of rotatable bonds is 9. The predicted octanol–water partition coefficient (Wildman–Crippen LogP) is 4.39. The van der Waals surface area contributed by atoms with Crippen LogP contribution >= 0.6 is 11.6 Å². The SMILES string of the molecule is CCOc1cc(/C=N\NC(=O)C(=O)NCc2ccc(C)cc2)cc(Cl)c1OCc1ccccc1. The number of hydrazone groups is 1. The number of hydrogen-bond donors (Lipinski definition) is 2. The standard InChI is InChI=1S/C26H26ClN3O4/c1-3-33-23-14-21(13-22(27)24(23)34-17-20-7-5-4-6-8-20)16-29-30-26(32)25(31)28-15-19-11-9-18(2)10-12-19/h4-14,16H,3,15,17H2,1-2H3,(H,28,31)(H,30,32)/b29-16-. The average molecular weight is 480 g/mol. The van der Waals surface area contributed by atoms with Gasteiger partial charge in [0.2, 0.25) is 0 Å². The molecular weight excluding hydrogens is 454 g/mol. The number of amides is 2. The van der Waals surface area contributed by atoms with E-state index in [1.807, 2.05) is 68.4 Å².